The van der Waals surface area contributed by atoms with Crippen LogP contribution in [-0.4, -0.2) is 53.2 Å². The SMILES string of the molecule is C[C@H]1CN(C(C)(C)CNC(=O)CCc2ncc(-c3c(F)cccc3F)o2)C[C@H](C)O1. The molecule has 0 unspecified atom stereocenters. The van der Waals surface area contributed by atoms with E-state index in [1.807, 2.05) is 0 Å². The van der Waals surface area contributed by atoms with Crippen molar-refractivity contribution in [3.63, 3.8) is 0 Å². The molecule has 1 amide bonds. The summed E-state index contributed by atoms with van der Waals surface area (Å²) in [6, 6.07) is 3.60. The predicted molar refractivity (Wildman–Crippen MR) is 109 cm³/mol. The largest absolute Gasteiger partial charge is 0.441 e. The number of halogens is 2. The van der Waals surface area contributed by atoms with E-state index >= 15 is 0 Å². The van der Waals surface area contributed by atoms with Crippen molar-refractivity contribution in [2.75, 3.05) is 19.6 Å². The number of carbonyl (C=O) groups excluding carboxylic acids is 1. The summed E-state index contributed by atoms with van der Waals surface area (Å²) in [5, 5.41) is 2.97. The number of oxazole rings is 1. The summed E-state index contributed by atoms with van der Waals surface area (Å²) >= 11 is 0. The molecule has 1 N–H and O–H groups in total. The lowest BCUT2D eigenvalue weighted by molar-refractivity contribution is -0.123. The Morgan fingerprint density at radius 3 is 2.50 bits per heavy atom. The van der Waals surface area contributed by atoms with E-state index in [1.54, 1.807) is 0 Å². The minimum atomic E-state index is -0.718. The van der Waals surface area contributed by atoms with Gasteiger partial charge in [-0.1, -0.05) is 6.07 Å². The van der Waals surface area contributed by atoms with E-state index in [0.29, 0.717) is 6.54 Å². The molecule has 30 heavy (non-hydrogen) atoms. The van der Waals surface area contributed by atoms with Crippen molar-refractivity contribution < 1.29 is 22.7 Å². The summed E-state index contributed by atoms with van der Waals surface area (Å²) in [5.74, 6) is -1.29. The molecule has 1 saturated heterocycles. The zero-order valence-electron chi connectivity index (χ0n) is 17.9. The molecule has 2 atom stereocenters. The molecule has 0 aliphatic carbocycles. The Kier molecular flexibility index (Phi) is 6.88. The molecule has 0 spiro atoms. The van der Waals surface area contributed by atoms with Crippen molar-refractivity contribution in [1.82, 2.24) is 15.2 Å². The van der Waals surface area contributed by atoms with E-state index in [1.165, 1.54) is 12.3 Å². The fourth-order valence-electron chi connectivity index (χ4n) is 3.68. The van der Waals surface area contributed by atoms with E-state index in [4.69, 9.17) is 9.15 Å². The second kappa shape index (κ2) is 9.22. The van der Waals surface area contributed by atoms with Gasteiger partial charge in [0.25, 0.3) is 0 Å². The summed E-state index contributed by atoms with van der Waals surface area (Å²) in [6.07, 6.45) is 2.00. The zero-order valence-corrected chi connectivity index (χ0v) is 17.9. The molecular weight excluding hydrogens is 392 g/mol. The molecule has 2 aromatic rings. The molecule has 1 aromatic heterocycles. The third kappa shape index (κ3) is 5.43. The van der Waals surface area contributed by atoms with Gasteiger partial charge in [-0.25, -0.2) is 13.8 Å². The van der Waals surface area contributed by atoms with Gasteiger partial charge in [0.1, 0.15) is 11.6 Å². The topological polar surface area (TPSA) is 67.6 Å². The van der Waals surface area contributed by atoms with Crippen LogP contribution >= 0.6 is 0 Å². The van der Waals surface area contributed by atoms with Gasteiger partial charge in [-0.15, -0.1) is 0 Å². The number of morpholine rings is 1. The van der Waals surface area contributed by atoms with Gasteiger partial charge in [-0.05, 0) is 39.8 Å². The van der Waals surface area contributed by atoms with Crippen LogP contribution < -0.4 is 5.32 Å². The van der Waals surface area contributed by atoms with Gasteiger partial charge in [-0.2, -0.15) is 0 Å². The first kappa shape index (κ1) is 22.4. The Morgan fingerprint density at radius 1 is 1.23 bits per heavy atom. The molecule has 6 nitrogen and oxygen atoms in total. The van der Waals surface area contributed by atoms with Crippen LogP contribution in [0.3, 0.4) is 0 Å². The summed E-state index contributed by atoms with van der Waals surface area (Å²) < 4.78 is 39.0. The number of aryl methyl sites for hydroxylation is 1. The van der Waals surface area contributed by atoms with Crippen LogP contribution in [0.5, 0.6) is 0 Å². The zero-order chi connectivity index (χ0) is 21.9. The van der Waals surface area contributed by atoms with Crippen molar-refractivity contribution >= 4 is 5.91 Å². The maximum Gasteiger partial charge on any atom is 0.220 e. The lowest BCUT2D eigenvalue weighted by atomic mass is 10.00. The highest BCUT2D eigenvalue weighted by Crippen LogP contribution is 2.27. The highest BCUT2D eigenvalue weighted by Gasteiger charge is 2.33. The maximum absolute atomic E-state index is 13.9. The number of nitrogens with one attached hydrogen (secondary N) is 1. The molecule has 1 aliphatic rings. The lowest BCUT2D eigenvalue weighted by Gasteiger charge is -2.45. The molecular formula is C22H29F2N3O3. The molecule has 2 heterocycles. The van der Waals surface area contributed by atoms with Gasteiger partial charge in [0.2, 0.25) is 5.91 Å². The average Bonchev–Trinajstić information content (AvgIpc) is 3.12. The number of carbonyl (C=O) groups is 1. The Bertz CT molecular complexity index is 854. The number of nitrogens with zero attached hydrogens (tertiary/aromatic N) is 2. The Balaban J connectivity index is 1.51. The number of benzene rings is 1. The second-order valence-corrected chi connectivity index (χ2v) is 8.47. The van der Waals surface area contributed by atoms with E-state index in [0.717, 1.165) is 25.2 Å². The van der Waals surface area contributed by atoms with Gasteiger partial charge in [0.05, 0.1) is 24.0 Å². The fraction of sp³-hybridized carbons (Fsp3) is 0.545. The quantitative estimate of drug-likeness (QED) is 0.741. The van der Waals surface area contributed by atoms with Crippen molar-refractivity contribution in [3.8, 4) is 11.3 Å². The Hall–Kier alpha value is -2.32. The Labute approximate surface area is 175 Å². The highest BCUT2D eigenvalue weighted by atomic mass is 19.1. The molecule has 3 rings (SSSR count). The molecule has 8 heteroatoms. The van der Waals surface area contributed by atoms with E-state index < -0.39 is 11.6 Å². The molecule has 1 aromatic carbocycles. The lowest BCUT2D eigenvalue weighted by Crippen LogP contribution is -2.58. The van der Waals surface area contributed by atoms with Crippen LogP contribution in [0.4, 0.5) is 8.78 Å². The number of hydrogen-bond acceptors (Lipinski definition) is 5. The van der Waals surface area contributed by atoms with Crippen LogP contribution in [0.2, 0.25) is 0 Å². The van der Waals surface area contributed by atoms with Gasteiger partial charge >= 0.3 is 0 Å². The normalized spacial score (nSPS) is 20.3. The number of rotatable bonds is 7. The molecule has 0 saturated carbocycles. The highest BCUT2D eigenvalue weighted by molar-refractivity contribution is 5.76. The molecule has 0 bridgehead atoms. The smallest absolute Gasteiger partial charge is 0.220 e. The van der Waals surface area contributed by atoms with Crippen molar-refractivity contribution in [2.45, 2.75) is 58.3 Å². The van der Waals surface area contributed by atoms with E-state index in [2.05, 4.69) is 42.9 Å². The van der Waals surface area contributed by atoms with Crippen LogP contribution in [0, 0.1) is 11.6 Å². The molecule has 1 aliphatic heterocycles. The molecule has 164 valence electrons. The summed E-state index contributed by atoms with van der Waals surface area (Å²) in [7, 11) is 0. The van der Waals surface area contributed by atoms with Gasteiger partial charge in [0, 0.05) is 38.0 Å². The number of hydrogen-bond donors (Lipinski definition) is 1. The first-order valence-corrected chi connectivity index (χ1v) is 10.2. The van der Waals surface area contributed by atoms with Gasteiger partial charge in [-0.3, -0.25) is 9.69 Å². The number of ether oxygens (including phenoxy) is 1. The van der Waals surface area contributed by atoms with E-state index in [9.17, 15) is 13.6 Å². The van der Waals surface area contributed by atoms with Crippen LogP contribution in [-0.2, 0) is 16.0 Å². The minimum Gasteiger partial charge on any atom is -0.441 e. The number of aromatic nitrogens is 1. The standard InChI is InChI=1S/C22H29F2N3O3/c1-14-11-27(12-15(2)29-14)22(3,4)13-26-19(28)8-9-20-25-10-18(30-20)21-16(23)6-5-7-17(21)24/h5-7,10,14-15H,8-9,11-13H2,1-4H3,(H,26,28)/t14-,15-/m0/s1. The average molecular weight is 421 g/mol. The molecule has 1 fully saturated rings. The summed E-state index contributed by atoms with van der Waals surface area (Å²) in [4.78, 5) is 18.7. The monoisotopic (exact) mass is 421 g/mol. The third-order valence-electron chi connectivity index (χ3n) is 5.32. The van der Waals surface area contributed by atoms with Gasteiger partial charge in [0.15, 0.2) is 11.7 Å². The van der Waals surface area contributed by atoms with Crippen LogP contribution in [0.1, 0.15) is 40.0 Å². The van der Waals surface area contributed by atoms with Gasteiger partial charge < -0.3 is 14.5 Å². The fourth-order valence-corrected chi connectivity index (χ4v) is 3.68. The summed E-state index contributed by atoms with van der Waals surface area (Å²) in [6.45, 7) is 10.4. The first-order chi connectivity index (χ1) is 14.2. The second-order valence-electron chi connectivity index (χ2n) is 8.47. The first-order valence-electron chi connectivity index (χ1n) is 10.2. The predicted octanol–water partition coefficient (Wildman–Crippen LogP) is 3.56. The van der Waals surface area contributed by atoms with Crippen LogP contribution in [0.15, 0.2) is 28.8 Å². The van der Waals surface area contributed by atoms with Crippen molar-refractivity contribution in [3.05, 3.63) is 41.9 Å². The van der Waals surface area contributed by atoms with Crippen molar-refractivity contribution in [2.24, 2.45) is 0 Å². The Morgan fingerprint density at radius 2 is 1.87 bits per heavy atom. The third-order valence-corrected chi connectivity index (χ3v) is 5.32. The van der Waals surface area contributed by atoms with Crippen LogP contribution in [0.25, 0.3) is 11.3 Å². The van der Waals surface area contributed by atoms with E-state index in [-0.39, 0.29) is 53.7 Å². The maximum atomic E-state index is 13.9. The summed E-state index contributed by atoms with van der Waals surface area (Å²) in [5.41, 5.74) is -0.461. The van der Waals surface area contributed by atoms with Crippen molar-refractivity contribution in [1.29, 1.82) is 0 Å². The number of amides is 1. The molecule has 0 radical (unpaired) electrons. The minimum absolute atomic E-state index is 0.0118.